The van der Waals surface area contributed by atoms with Crippen molar-refractivity contribution in [2.45, 2.75) is 195 Å². The van der Waals surface area contributed by atoms with Crippen molar-refractivity contribution >= 4 is 34.9 Å². The Labute approximate surface area is 358 Å². The summed E-state index contributed by atoms with van der Waals surface area (Å²) in [7, 11) is -4.05. The number of benzene rings is 1. The first-order valence-corrected chi connectivity index (χ1v) is 26.6. The van der Waals surface area contributed by atoms with Gasteiger partial charge in [0.2, 0.25) is 6.54 Å². The third-order valence-electron chi connectivity index (χ3n) is 11.3. The van der Waals surface area contributed by atoms with E-state index in [0.29, 0.717) is 32.5 Å². The van der Waals surface area contributed by atoms with E-state index in [9.17, 15) is 24.5 Å². The van der Waals surface area contributed by atoms with Gasteiger partial charge in [-0.15, -0.1) is 0 Å². The second-order valence-electron chi connectivity index (χ2n) is 20.5. The molecule has 2 fully saturated rings. The summed E-state index contributed by atoms with van der Waals surface area (Å²) in [6, 6.07) is 9.08. The SMILES string of the molecule is C.CC(C)(C)OC(=O)N1CC[C@H](O[Si](C)(C)C(C)(C)C)[C@H]1CCNC(=O)OCc1ccccc1.CC(C)(C)OC(=O)N1CC[C@H](O[Si](C)(C)C(C)(C)C)[C@H]1CC[N+](=O)[O-]. The fraction of sp³-hybridized carbons (Fsp3) is 0.791. The second-order valence-corrected chi connectivity index (χ2v) is 30.0. The summed E-state index contributed by atoms with van der Waals surface area (Å²) in [5.41, 5.74) is -0.231. The number of nitrogens with one attached hydrogen (secondary N) is 1. The Hall–Kier alpha value is -3.22. The Balaban J connectivity index is 0.000000603. The molecular weight excluding hydrogens is 789 g/mol. The summed E-state index contributed by atoms with van der Waals surface area (Å²) >= 11 is 0. The molecule has 0 aliphatic carbocycles. The summed E-state index contributed by atoms with van der Waals surface area (Å²) in [4.78, 5) is 51.5. The average Bonchev–Trinajstić information content (AvgIpc) is 3.64. The Kier molecular flexibility index (Phi) is 19.6. The normalized spacial score (nSPS) is 20.2. The number of ether oxygens (including phenoxy) is 3. The van der Waals surface area contributed by atoms with Gasteiger partial charge in [0.05, 0.1) is 24.3 Å². The third-order valence-corrected chi connectivity index (χ3v) is 20.3. The van der Waals surface area contributed by atoms with Crippen molar-refractivity contribution < 1.29 is 42.4 Å². The van der Waals surface area contributed by atoms with Crippen molar-refractivity contribution in [1.29, 1.82) is 0 Å². The highest BCUT2D eigenvalue weighted by molar-refractivity contribution is 6.74. The summed E-state index contributed by atoms with van der Waals surface area (Å²) in [5.74, 6) is 0. The number of carbonyl (C=O) groups excluding carboxylic acids is 3. The number of rotatable bonds is 12. The van der Waals surface area contributed by atoms with Crippen LogP contribution in [0.4, 0.5) is 14.4 Å². The number of alkyl carbamates (subject to hydrolysis) is 1. The molecule has 0 unspecified atom stereocenters. The molecule has 0 saturated carbocycles. The van der Waals surface area contributed by atoms with Crippen molar-refractivity contribution in [3.63, 3.8) is 0 Å². The van der Waals surface area contributed by atoms with E-state index in [-0.39, 0.29) is 72.4 Å². The molecule has 2 heterocycles. The minimum absolute atomic E-state index is 0. The van der Waals surface area contributed by atoms with Gasteiger partial charge >= 0.3 is 18.3 Å². The lowest BCUT2D eigenvalue weighted by atomic mass is 10.1. The highest BCUT2D eigenvalue weighted by atomic mass is 28.4. The van der Waals surface area contributed by atoms with E-state index in [1.54, 1.807) is 9.80 Å². The maximum absolute atomic E-state index is 12.9. The van der Waals surface area contributed by atoms with Crippen LogP contribution in [0, 0.1) is 10.1 Å². The molecule has 0 radical (unpaired) electrons. The van der Waals surface area contributed by atoms with Crippen molar-refractivity contribution in [2.75, 3.05) is 26.2 Å². The molecule has 3 amide bonds. The predicted octanol–water partition coefficient (Wildman–Crippen LogP) is 10.4. The van der Waals surface area contributed by atoms with E-state index in [1.165, 1.54) is 0 Å². The highest BCUT2D eigenvalue weighted by Gasteiger charge is 2.47. The molecule has 14 nitrogen and oxygen atoms in total. The maximum Gasteiger partial charge on any atom is 0.410 e. The quantitative estimate of drug-likeness (QED) is 0.0927. The highest BCUT2D eigenvalue weighted by Crippen LogP contribution is 2.41. The van der Waals surface area contributed by atoms with Crippen LogP contribution < -0.4 is 5.32 Å². The number of likely N-dealkylation sites (tertiary alicyclic amines) is 2. The molecule has 0 bridgehead atoms. The maximum atomic E-state index is 12.9. The lowest BCUT2D eigenvalue weighted by molar-refractivity contribution is -0.481. The van der Waals surface area contributed by atoms with E-state index < -0.39 is 40.0 Å². The van der Waals surface area contributed by atoms with E-state index in [4.69, 9.17) is 23.1 Å². The summed E-state index contributed by atoms with van der Waals surface area (Å²) in [6.07, 6.45) is 0.826. The Bertz CT molecular complexity index is 1500. The Morgan fingerprint density at radius 3 is 1.51 bits per heavy atom. The van der Waals surface area contributed by atoms with Gasteiger partial charge in [-0.1, -0.05) is 79.3 Å². The lowest BCUT2D eigenvalue weighted by Gasteiger charge is -2.40. The van der Waals surface area contributed by atoms with Crippen LogP contribution in [0.3, 0.4) is 0 Å². The third kappa shape index (κ3) is 17.7. The molecule has 59 heavy (non-hydrogen) atoms. The second kappa shape index (κ2) is 21.5. The minimum atomic E-state index is -2.03. The number of nitro groups is 1. The van der Waals surface area contributed by atoms with E-state index in [1.807, 2.05) is 71.9 Å². The van der Waals surface area contributed by atoms with Gasteiger partial charge < -0.3 is 38.2 Å². The molecule has 2 aliphatic heterocycles. The number of hydrogen-bond acceptors (Lipinski definition) is 10. The first kappa shape index (κ1) is 53.8. The molecule has 3 rings (SSSR count). The van der Waals surface area contributed by atoms with Crippen LogP contribution in [0.1, 0.15) is 122 Å². The molecule has 2 saturated heterocycles. The largest absolute Gasteiger partial charge is 0.445 e. The zero-order valence-corrected chi connectivity index (χ0v) is 40.5. The molecule has 0 aromatic heterocycles. The summed E-state index contributed by atoms with van der Waals surface area (Å²) in [5, 5.41) is 13.8. The van der Waals surface area contributed by atoms with E-state index in [2.05, 4.69) is 73.0 Å². The van der Waals surface area contributed by atoms with Crippen molar-refractivity contribution in [1.82, 2.24) is 15.1 Å². The molecule has 16 heteroatoms. The molecule has 1 N–H and O–H groups in total. The topological polar surface area (TPSA) is 159 Å². The van der Waals surface area contributed by atoms with E-state index >= 15 is 0 Å². The Morgan fingerprint density at radius 1 is 0.729 bits per heavy atom. The zero-order valence-electron chi connectivity index (χ0n) is 38.5. The van der Waals surface area contributed by atoms with E-state index in [0.717, 1.165) is 12.0 Å². The van der Waals surface area contributed by atoms with Crippen LogP contribution in [-0.4, -0.2) is 111 Å². The Morgan fingerprint density at radius 2 is 1.14 bits per heavy atom. The minimum Gasteiger partial charge on any atom is -0.445 e. The average molecular weight is 869 g/mol. The van der Waals surface area contributed by atoms with Gasteiger partial charge in [0.25, 0.3) is 0 Å². The summed E-state index contributed by atoms with van der Waals surface area (Å²) < 4.78 is 29.6. The number of hydrogen-bond donors (Lipinski definition) is 1. The standard InChI is InChI=1S/C25H42N2O5Si.C17H34N2O5Si.CH4/c1-24(2,3)31-23(29)27-17-15-21(32-33(7,8)25(4,5)6)20(27)14-16-26-22(28)30-18-19-12-10-9-11-13-19;1-16(2,3)23-15(20)18-11-10-14(13(18)9-12-19(21)22)24-25(7,8)17(4,5)6;/h9-13,20-21H,14-18H2,1-8H3,(H,26,28);13-14H,9-12H2,1-8H3;1H4/t20-,21+;13-,14+;/m11./s1. The summed E-state index contributed by atoms with van der Waals surface area (Å²) in [6.45, 7) is 34.4. The molecule has 4 atom stereocenters. The van der Waals surface area contributed by atoms with Gasteiger partial charge in [-0.2, -0.15) is 0 Å². The van der Waals surface area contributed by atoms with Gasteiger partial charge in [-0.25, -0.2) is 14.4 Å². The number of carbonyl (C=O) groups is 3. The fourth-order valence-corrected chi connectivity index (χ4v) is 8.92. The first-order chi connectivity index (χ1) is 26.3. The zero-order chi connectivity index (χ0) is 44.5. The molecule has 0 spiro atoms. The van der Waals surface area contributed by atoms with Gasteiger partial charge in [0.1, 0.15) is 17.8 Å². The van der Waals surface area contributed by atoms with Crippen LogP contribution >= 0.6 is 0 Å². The van der Waals surface area contributed by atoms with Crippen LogP contribution in [0.15, 0.2) is 30.3 Å². The van der Waals surface area contributed by atoms with Gasteiger partial charge in [0.15, 0.2) is 16.6 Å². The number of amides is 3. The molecular formula is C43H80N4O10Si2. The van der Waals surface area contributed by atoms with Crippen molar-refractivity contribution in [3.05, 3.63) is 46.0 Å². The van der Waals surface area contributed by atoms with Gasteiger partial charge in [0, 0.05) is 31.0 Å². The van der Waals surface area contributed by atoms with Crippen LogP contribution in [0.5, 0.6) is 0 Å². The first-order valence-electron chi connectivity index (χ1n) is 20.7. The number of nitrogens with zero attached hydrogens (tertiary/aromatic N) is 3. The monoisotopic (exact) mass is 869 g/mol. The van der Waals surface area contributed by atoms with Crippen LogP contribution in [0.2, 0.25) is 36.3 Å². The smallest absolute Gasteiger partial charge is 0.410 e. The van der Waals surface area contributed by atoms with Crippen molar-refractivity contribution in [3.8, 4) is 0 Å². The van der Waals surface area contributed by atoms with Crippen LogP contribution in [0.25, 0.3) is 0 Å². The molecule has 1 aromatic carbocycles. The van der Waals surface area contributed by atoms with Crippen molar-refractivity contribution in [2.24, 2.45) is 0 Å². The van der Waals surface area contributed by atoms with Crippen LogP contribution in [-0.2, 0) is 29.7 Å². The molecule has 2 aliphatic rings. The molecule has 1 aromatic rings. The molecule has 340 valence electrons. The fourth-order valence-electron chi connectivity index (χ4n) is 6.15. The van der Waals surface area contributed by atoms with Gasteiger partial charge in [-0.05, 0) is 103 Å². The van der Waals surface area contributed by atoms with Gasteiger partial charge in [-0.3, -0.25) is 10.1 Å². The predicted molar refractivity (Wildman–Crippen MR) is 239 cm³/mol. The lowest BCUT2D eigenvalue weighted by Crippen LogP contribution is -2.50.